The van der Waals surface area contributed by atoms with Crippen LogP contribution in [0.4, 0.5) is 0 Å². The normalized spacial score (nSPS) is 21.4. The van der Waals surface area contributed by atoms with Crippen LogP contribution in [-0.2, 0) is 33.0 Å². The molecular formula is C15H17ClN2O4. The third kappa shape index (κ3) is 3.15. The van der Waals surface area contributed by atoms with Crippen LogP contribution in [0.1, 0.15) is 23.8 Å². The van der Waals surface area contributed by atoms with Crippen LogP contribution < -0.4 is 0 Å². The molecule has 0 saturated carbocycles. The lowest BCUT2D eigenvalue weighted by Crippen LogP contribution is -2.29. The summed E-state index contributed by atoms with van der Waals surface area (Å²) in [6.07, 6.45) is 0.700. The van der Waals surface area contributed by atoms with E-state index in [-0.39, 0.29) is 6.61 Å². The number of aromatic nitrogens is 2. The van der Waals surface area contributed by atoms with Crippen LogP contribution in [0.3, 0.4) is 0 Å². The minimum Gasteiger partial charge on any atom is -0.419 e. The highest BCUT2D eigenvalue weighted by atomic mass is 35.5. The van der Waals surface area contributed by atoms with Crippen molar-refractivity contribution in [1.82, 2.24) is 10.2 Å². The minimum absolute atomic E-state index is 0.221. The van der Waals surface area contributed by atoms with Gasteiger partial charge in [0.05, 0.1) is 19.8 Å². The Hall–Kier alpha value is -1.47. The van der Waals surface area contributed by atoms with Crippen LogP contribution in [-0.4, -0.2) is 30.5 Å². The molecule has 22 heavy (non-hydrogen) atoms. The van der Waals surface area contributed by atoms with E-state index in [2.05, 4.69) is 10.2 Å². The summed E-state index contributed by atoms with van der Waals surface area (Å²) in [5.74, 6) is 0.842. The van der Waals surface area contributed by atoms with Crippen molar-refractivity contribution in [2.75, 3.05) is 20.3 Å². The Morgan fingerprint density at radius 1 is 1.27 bits per heavy atom. The van der Waals surface area contributed by atoms with E-state index < -0.39 is 5.60 Å². The van der Waals surface area contributed by atoms with Crippen molar-refractivity contribution in [3.63, 3.8) is 0 Å². The first-order valence-corrected chi connectivity index (χ1v) is 7.38. The van der Waals surface area contributed by atoms with Gasteiger partial charge >= 0.3 is 0 Å². The molecule has 6 nitrogen and oxygen atoms in total. The Kier molecular flexibility index (Phi) is 4.73. The lowest BCUT2D eigenvalue weighted by molar-refractivity contribution is -0.0428. The smallest absolute Gasteiger partial charge is 0.250 e. The molecule has 3 rings (SSSR count). The maximum Gasteiger partial charge on any atom is 0.250 e. The number of benzene rings is 1. The molecule has 118 valence electrons. The van der Waals surface area contributed by atoms with Gasteiger partial charge in [0, 0.05) is 18.6 Å². The zero-order valence-corrected chi connectivity index (χ0v) is 13.0. The van der Waals surface area contributed by atoms with Gasteiger partial charge in [0.1, 0.15) is 6.61 Å². The summed E-state index contributed by atoms with van der Waals surface area (Å²) in [4.78, 5) is 0. The number of nitrogens with zero attached hydrogens (tertiary/aromatic N) is 2. The summed E-state index contributed by atoms with van der Waals surface area (Å²) in [6, 6.07) is 7.53. The molecule has 0 bridgehead atoms. The molecule has 1 aromatic carbocycles. The van der Waals surface area contributed by atoms with Crippen molar-refractivity contribution < 1.29 is 18.6 Å². The molecular weight excluding hydrogens is 308 g/mol. The van der Waals surface area contributed by atoms with Crippen molar-refractivity contribution >= 4 is 11.6 Å². The molecule has 1 aliphatic rings. The van der Waals surface area contributed by atoms with Gasteiger partial charge in [0.15, 0.2) is 5.60 Å². The highest BCUT2D eigenvalue weighted by Crippen LogP contribution is 2.32. The van der Waals surface area contributed by atoms with E-state index in [0.717, 1.165) is 5.56 Å². The Morgan fingerprint density at radius 3 is 2.86 bits per heavy atom. The molecule has 0 amide bonds. The summed E-state index contributed by atoms with van der Waals surface area (Å²) in [7, 11) is 1.62. The molecule has 0 spiro atoms. The number of ether oxygens (including phenoxy) is 3. The standard InChI is InChI=1S/C15H17ClN2O4/c1-19-15(6-7-20-10-15)14-18-17-13(22-14)9-21-8-11-4-2-3-5-12(11)16/h2-5H,6-10H2,1H3. The van der Waals surface area contributed by atoms with Gasteiger partial charge in [-0.25, -0.2) is 0 Å². The summed E-state index contributed by atoms with van der Waals surface area (Å²) in [5, 5.41) is 8.73. The van der Waals surface area contributed by atoms with Crippen LogP contribution in [0.2, 0.25) is 5.02 Å². The van der Waals surface area contributed by atoms with Crippen molar-refractivity contribution in [3.8, 4) is 0 Å². The fraction of sp³-hybridized carbons (Fsp3) is 0.467. The molecule has 0 aliphatic carbocycles. The van der Waals surface area contributed by atoms with Gasteiger partial charge in [0.2, 0.25) is 5.89 Å². The Balaban J connectivity index is 1.59. The maximum atomic E-state index is 6.07. The van der Waals surface area contributed by atoms with Gasteiger partial charge in [-0.05, 0) is 11.6 Å². The third-order valence-corrected chi connectivity index (χ3v) is 4.04. The first kappa shape index (κ1) is 15.4. The second-order valence-corrected chi connectivity index (χ2v) is 5.49. The van der Waals surface area contributed by atoms with E-state index in [9.17, 15) is 0 Å². The first-order chi connectivity index (χ1) is 10.7. The molecule has 1 atom stereocenters. The molecule has 2 heterocycles. The molecule has 0 radical (unpaired) electrons. The van der Waals surface area contributed by atoms with Gasteiger partial charge in [-0.15, -0.1) is 10.2 Å². The summed E-state index contributed by atoms with van der Waals surface area (Å²) < 4.78 is 22.1. The van der Waals surface area contributed by atoms with E-state index in [1.807, 2.05) is 24.3 Å². The largest absolute Gasteiger partial charge is 0.419 e. The van der Waals surface area contributed by atoms with Crippen LogP contribution in [0.25, 0.3) is 0 Å². The van der Waals surface area contributed by atoms with Gasteiger partial charge in [-0.1, -0.05) is 29.8 Å². The molecule has 1 unspecified atom stereocenters. The average molecular weight is 325 g/mol. The minimum atomic E-state index is -0.631. The number of rotatable bonds is 6. The van der Waals surface area contributed by atoms with Crippen molar-refractivity contribution in [1.29, 1.82) is 0 Å². The zero-order chi connectivity index (χ0) is 15.4. The van der Waals surface area contributed by atoms with E-state index >= 15 is 0 Å². The zero-order valence-electron chi connectivity index (χ0n) is 12.3. The molecule has 2 aromatic rings. The van der Waals surface area contributed by atoms with Gasteiger partial charge in [-0.2, -0.15) is 0 Å². The number of methoxy groups -OCH3 is 1. The molecule has 7 heteroatoms. The Labute approximate surface area is 133 Å². The summed E-state index contributed by atoms with van der Waals surface area (Å²) in [5.41, 5.74) is 0.287. The number of hydrogen-bond acceptors (Lipinski definition) is 6. The molecule has 1 saturated heterocycles. The van der Waals surface area contributed by atoms with E-state index in [1.54, 1.807) is 7.11 Å². The van der Waals surface area contributed by atoms with Crippen molar-refractivity contribution in [2.45, 2.75) is 25.2 Å². The first-order valence-electron chi connectivity index (χ1n) is 7.00. The second-order valence-electron chi connectivity index (χ2n) is 5.09. The monoisotopic (exact) mass is 324 g/mol. The van der Waals surface area contributed by atoms with Gasteiger partial charge in [-0.3, -0.25) is 0 Å². The van der Waals surface area contributed by atoms with Crippen LogP contribution in [0.5, 0.6) is 0 Å². The van der Waals surface area contributed by atoms with E-state index in [4.69, 9.17) is 30.2 Å². The molecule has 1 aromatic heterocycles. The molecule has 0 N–H and O–H groups in total. The number of halogens is 1. The van der Waals surface area contributed by atoms with Gasteiger partial charge < -0.3 is 18.6 Å². The highest BCUT2D eigenvalue weighted by molar-refractivity contribution is 6.31. The lowest BCUT2D eigenvalue weighted by Gasteiger charge is -2.20. The fourth-order valence-electron chi connectivity index (χ4n) is 2.32. The number of hydrogen-bond donors (Lipinski definition) is 0. The summed E-state index contributed by atoms with van der Waals surface area (Å²) >= 11 is 6.07. The Morgan fingerprint density at radius 2 is 2.14 bits per heavy atom. The lowest BCUT2D eigenvalue weighted by atomic mass is 10.0. The predicted molar refractivity (Wildman–Crippen MR) is 78.4 cm³/mol. The maximum absolute atomic E-state index is 6.07. The molecule has 1 fully saturated rings. The predicted octanol–water partition coefficient (Wildman–Crippen LogP) is 2.70. The highest BCUT2D eigenvalue weighted by Gasteiger charge is 2.42. The van der Waals surface area contributed by atoms with E-state index in [0.29, 0.717) is 43.0 Å². The quantitative estimate of drug-likeness (QED) is 0.814. The topological polar surface area (TPSA) is 66.6 Å². The van der Waals surface area contributed by atoms with Crippen molar-refractivity contribution in [3.05, 3.63) is 46.6 Å². The van der Waals surface area contributed by atoms with Crippen molar-refractivity contribution in [2.24, 2.45) is 0 Å². The summed E-state index contributed by atoms with van der Waals surface area (Å²) in [6.45, 7) is 1.65. The van der Waals surface area contributed by atoms with Crippen LogP contribution in [0.15, 0.2) is 28.7 Å². The SMILES string of the molecule is COC1(c2nnc(COCc3ccccc3Cl)o2)CCOC1. The van der Waals surface area contributed by atoms with Crippen LogP contribution in [0, 0.1) is 0 Å². The average Bonchev–Trinajstić information content (AvgIpc) is 3.19. The van der Waals surface area contributed by atoms with E-state index in [1.165, 1.54) is 0 Å². The molecule has 1 aliphatic heterocycles. The fourth-order valence-corrected chi connectivity index (χ4v) is 2.51. The third-order valence-electron chi connectivity index (χ3n) is 3.67. The second kappa shape index (κ2) is 6.75. The Bertz CT molecular complexity index is 626. The van der Waals surface area contributed by atoms with Crippen LogP contribution >= 0.6 is 11.6 Å². The van der Waals surface area contributed by atoms with Gasteiger partial charge in [0.25, 0.3) is 5.89 Å².